The summed E-state index contributed by atoms with van der Waals surface area (Å²) in [5.74, 6) is -1.52. The zero-order valence-electron chi connectivity index (χ0n) is 10.6. The molecule has 1 N–H and O–H groups in total. The molecule has 0 radical (unpaired) electrons. The molecular weight excluding hydrogens is 551 g/mol. The van der Waals surface area contributed by atoms with Crippen LogP contribution in [0.25, 0.3) is 0 Å². The predicted octanol–water partition coefficient (Wildman–Crippen LogP) is 5.57. The van der Waals surface area contributed by atoms with Gasteiger partial charge in [0.1, 0.15) is 0 Å². The largest absolute Gasteiger partial charge is 0.416 e. The van der Waals surface area contributed by atoms with Gasteiger partial charge in [-0.3, -0.25) is 4.79 Å². The normalized spacial score (nSPS) is 13.7. The molecule has 9 heteroatoms. The van der Waals surface area contributed by atoms with E-state index in [2.05, 4.69) is 5.32 Å². The Morgan fingerprint density at radius 3 is 2.23 bits per heavy atom. The van der Waals surface area contributed by atoms with Crippen molar-refractivity contribution in [3.63, 3.8) is 0 Å². The van der Waals surface area contributed by atoms with E-state index in [0.29, 0.717) is 0 Å². The maximum atomic E-state index is 13.9. The number of allylic oxidation sites excluding steroid dienone is 2. The number of halogens is 7. The standard InChI is InChI=1S/C13H8ClF4I2NO/c14-9(5-19)11(15)10(6-20)21-12(22)7-1-3-8(4-2-7)13(16,17)18/h1-4,6H,5H2,(H,21,22)/b10-6+,11-9-. The molecule has 22 heavy (non-hydrogen) atoms. The van der Waals surface area contributed by atoms with E-state index in [1.807, 2.05) is 22.6 Å². The highest BCUT2D eigenvalue weighted by atomic mass is 127. The third kappa shape index (κ3) is 5.37. The molecule has 0 unspecified atom stereocenters. The molecule has 1 aromatic rings. The second kappa shape index (κ2) is 8.48. The van der Waals surface area contributed by atoms with E-state index in [0.717, 1.165) is 24.3 Å². The number of rotatable bonds is 4. The van der Waals surface area contributed by atoms with E-state index in [-0.39, 0.29) is 20.7 Å². The molecule has 0 aliphatic carbocycles. The lowest BCUT2D eigenvalue weighted by molar-refractivity contribution is -0.137. The van der Waals surface area contributed by atoms with Gasteiger partial charge in [0.25, 0.3) is 5.91 Å². The zero-order valence-corrected chi connectivity index (χ0v) is 15.7. The van der Waals surface area contributed by atoms with Gasteiger partial charge in [0.05, 0.1) is 16.3 Å². The maximum absolute atomic E-state index is 13.9. The number of carbonyl (C=O) groups is 1. The highest BCUT2D eigenvalue weighted by Crippen LogP contribution is 2.29. The van der Waals surface area contributed by atoms with Crippen molar-refractivity contribution in [2.45, 2.75) is 6.18 Å². The second-order valence-corrected chi connectivity index (χ2v) is 5.75. The topological polar surface area (TPSA) is 29.1 Å². The zero-order chi connectivity index (χ0) is 16.9. The Labute approximate surface area is 156 Å². The van der Waals surface area contributed by atoms with E-state index >= 15 is 0 Å². The Morgan fingerprint density at radius 2 is 1.82 bits per heavy atom. The van der Waals surface area contributed by atoms with Crippen LogP contribution < -0.4 is 5.32 Å². The summed E-state index contributed by atoms with van der Waals surface area (Å²) >= 11 is 9.24. The fraction of sp³-hybridized carbons (Fsp3) is 0.154. The van der Waals surface area contributed by atoms with Crippen molar-refractivity contribution < 1.29 is 22.4 Å². The van der Waals surface area contributed by atoms with E-state index in [4.69, 9.17) is 11.6 Å². The van der Waals surface area contributed by atoms with E-state index in [9.17, 15) is 22.4 Å². The highest BCUT2D eigenvalue weighted by Gasteiger charge is 2.30. The molecule has 0 heterocycles. The SMILES string of the molecule is O=C(NC(=C/I)/C(F)=C(/Cl)CI)c1ccc(C(F)(F)F)cc1. The molecule has 2 nitrogen and oxygen atoms in total. The summed E-state index contributed by atoms with van der Waals surface area (Å²) in [7, 11) is 0. The average Bonchev–Trinajstić information content (AvgIpc) is 2.50. The second-order valence-electron chi connectivity index (χ2n) is 3.90. The van der Waals surface area contributed by atoms with Crippen LogP contribution in [0.2, 0.25) is 0 Å². The van der Waals surface area contributed by atoms with Gasteiger partial charge in [-0.25, -0.2) is 4.39 Å². The third-order valence-corrected chi connectivity index (χ3v) is 4.56. The molecule has 1 aromatic carbocycles. The number of carbonyl (C=O) groups excluding carboxylic acids is 1. The first kappa shape index (κ1) is 19.7. The Bertz CT molecular complexity index is 611. The van der Waals surface area contributed by atoms with Crippen molar-refractivity contribution in [1.82, 2.24) is 5.32 Å². The van der Waals surface area contributed by atoms with Crippen LogP contribution in [-0.2, 0) is 6.18 Å². The van der Waals surface area contributed by atoms with Gasteiger partial charge >= 0.3 is 6.18 Å². The van der Waals surface area contributed by atoms with Crippen molar-refractivity contribution >= 4 is 62.7 Å². The lowest BCUT2D eigenvalue weighted by Crippen LogP contribution is -2.23. The van der Waals surface area contributed by atoms with Gasteiger partial charge in [0, 0.05) is 14.1 Å². The van der Waals surface area contributed by atoms with E-state index < -0.39 is 23.5 Å². The summed E-state index contributed by atoms with van der Waals surface area (Å²) in [6.07, 6.45) is -4.48. The lowest BCUT2D eigenvalue weighted by Gasteiger charge is -2.10. The highest BCUT2D eigenvalue weighted by molar-refractivity contribution is 14.1. The predicted molar refractivity (Wildman–Crippen MR) is 93.9 cm³/mol. The molecular formula is C13H8ClF4I2NO. The first-order valence-corrected chi connectivity index (χ1v) is 8.75. The summed E-state index contributed by atoms with van der Waals surface area (Å²) in [5.41, 5.74) is -1.04. The molecule has 0 fully saturated rings. The van der Waals surface area contributed by atoms with Crippen LogP contribution in [0.4, 0.5) is 17.6 Å². The molecule has 0 saturated carbocycles. The van der Waals surface area contributed by atoms with Crippen molar-refractivity contribution in [3.8, 4) is 0 Å². The number of amides is 1. The smallest absolute Gasteiger partial charge is 0.319 e. The number of nitrogens with one attached hydrogen (secondary N) is 1. The minimum atomic E-state index is -4.48. The minimum absolute atomic E-state index is 0.0258. The monoisotopic (exact) mass is 559 g/mol. The molecule has 0 atom stereocenters. The van der Waals surface area contributed by atoms with Crippen molar-refractivity contribution in [2.75, 3.05) is 4.43 Å². The number of benzene rings is 1. The fourth-order valence-electron chi connectivity index (χ4n) is 1.34. The summed E-state index contributed by atoms with van der Waals surface area (Å²) in [6.45, 7) is 0. The van der Waals surface area contributed by atoms with Crippen molar-refractivity contribution in [2.24, 2.45) is 0 Å². The molecule has 1 amide bonds. The van der Waals surface area contributed by atoms with Crippen LogP contribution in [0.15, 0.2) is 44.9 Å². The molecule has 0 aliphatic rings. The Morgan fingerprint density at radius 1 is 1.27 bits per heavy atom. The van der Waals surface area contributed by atoms with E-state index in [1.165, 1.54) is 4.08 Å². The number of hydrogen-bond donors (Lipinski definition) is 1. The Kier molecular flexibility index (Phi) is 7.59. The lowest BCUT2D eigenvalue weighted by atomic mass is 10.1. The minimum Gasteiger partial charge on any atom is -0.319 e. The van der Waals surface area contributed by atoms with Gasteiger partial charge in [-0.05, 0) is 24.3 Å². The first-order chi connectivity index (χ1) is 10.2. The Hall–Kier alpha value is -0.360. The Balaban J connectivity index is 2.94. The van der Waals surface area contributed by atoms with Crippen LogP contribution in [0.5, 0.6) is 0 Å². The molecule has 120 valence electrons. The first-order valence-electron chi connectivity index (χ1n) is 5.60. The van der Waals surface area contributed by atoms with Crippen LogP contribution in [0.3, 0.4) is 0 Å². The van der Waals surface area contributed by atoms with Crippen LogP contribution in [0.1, 0.15) is 15.9 Å². The number of alkyl halides is 4. The number of hydrogen-bond acceptors (Lipinski definition) is 1. The van der Waals surface area contributed by atoms with Crippen LogP contribution >= 0.6 is 56.8 Å². The molecule has 0 spiro atoms. The summed E-state index contributed by atoms with van der Waals surface area (Å²) in [6, 6.07) is 3.60. The van der Waals surface area contributed by atoms with Crippen LogP contribution in [-0.4, -0.2) is 10.3 Å². The van der Waals surface area contributed by atoms with Gasteiger partial charge in [0.2, 0.25) is 0 Å². The summed E-state index contributed by atoms with van der Waals surface area (Å²) in [4.78, 5) is 11.9. The average molecular weight is 559 g/mol. The molecule has 0 saturated heterocycles. The van der Waals surface area contributed by atoms with Gasteiger partial charge in [-0.1, -0.05) is 56.8 Å². The summed E-state index contributed by atoms with van der Waals surface area (Å²) in [5, 5.41) is 2.20. The quantitative estimate of drug-likeness (QED) is 0.223. The van der Waals surface area contributed by atoms with Crippen molar-refractivity contribution in [3.05, 3.63) is 56.0 Å². The maximum Gasteiger partial charge on any atom is 0.416 e. The molecule has 0 bridgehead atoms. The van der Waals surface area contributed by atoms with Gasteiger partial charge in [-0.2, -0.15) is 13.2 Å². The third-order valence-electron chi connectivity index (χ3n) is 2.42. The van der Waals surface area contributed by atoms with E-state index in [1.54, 1.807) is 22.6 Å². The van der Waals surface area contributed by atoms with Crippen molar-refractivity contribution in [1.29, 1.82) is 0 Å². The van der Waals surface area contributed by atoms with Crippen LogP contribution in [0, 0.1) is 0 Å². The summed E-state index contributed by atoms with van der Waals surface area (Å²) < 4.78 is 52.7. The molecule has 0 aromatic heterocycles. The fourth-order valence-corrected chi connectivity index (χ4v) is 2.21. The molecule has 0 aliphatic heterocycles. The van der Waals surface area contributed by atoms with Gasteiger partial charge in [0.15, 0.2) is 5.83 Å². The van der Waals surface area contributed by atoms with Gasteiger partial charge in [-0.15, -0.1) is 0 Å². The molecule has 1 rings (SSSR count). The van der Waals surface area contributed by atoms with Gasteiger partial charge < -0.3 is 5.32 Å².